The largest absolute Gasteiger partial charge is 0.534 e. The minimum absolute atomic E-state index is 0.237. The van der Waals surface area contributed by atoms with Crippen LogP contribution in [0.3, 0.4) is 0 Å². The highest BCUT2D eigenvalue weighted by Crippen LogP contribution is 2.37. The Morgan fingerprint density at radius 1 is 1.20 bits per heavy atom. The van der Waals surface area contributed by atoms with Crippen LogP contribution in [0.25, 0.3) is 10.9 Å². The summed E-state index contributed by atoms with van der Waals surface area (Å²) in [7, 11) is -4.57. The molecule has 25 heavy (non-hydrogen) atoms. The number of hydrogen-bond acceptors (Lipinski definition) is 6. The predicted octanol–water partition coefficient (Wildman–Crippen LogP) is 2.74. The molecule has 0 atom stereocenters. The molecule has 1 heterocycles. The van der Waals surface area contributed by atoms with Gasteiger partial charge < -0.3 is 8.92 Å². The molecular formula is C15H12F3NO5S. The van der Waals surface area contributed by atoms with Gasteiger partial charge in [-0.05, 0) is 43.0 Å². The number of nitrogens with zero attached hydrogens (tertiary/aromatic N) is 1. The van der Waals surface area contributed by atoms with Gasteiger partial charge in [-0.15, -0.1) is 0 Å². The Kier molecular flexibility index (Phi) is 4.10. The summed E-state index contributed by atoms with van der Waals surface area (Å²) < 4.78 is 69.2. The van der Waals surface area contributed by atoms with Gasteiger partial charge >= 0.3 is 21.6 Å². The summed E-state index contributed by atoms with van der Waals surface area (Å²) in [5.74, 6) is -1.13. The van der Waals surface area contributed by atoms with E-state index < -0.39 is 27.5 Å². The van der Waals surface area contributed by atoms with Crippen LogP contribution in [0.15, 0.2) is 18.2 Å². The van der Waals surface area contributed by atoms with Gasteiger partial charge in [0.25, 0.3) is 0 Å². The molecule has 1 aromatic heterocycles. The van der Waals surface area contributed by atoms with Crippen LogP contribution < -0.4 is 4.18 Å². The zero-order valence-electron chi connectivity index (χ0n) is 12.9. The van der Waals surface area contributed by atoms with Gasteiger partial charge in [0.2, 0.25) is 5.88 Å². The lowest BCUT2D eigenvalue weighted by Crippen LogP contribution is -2.28. The molecule has 3 rings (SSSR count). The van der Waals surface area contributed by atoms with Crippen molar-refractivity contribution in [3.63, 3.8) is 0 Å². The second kappa shape index (κ2) is 5.87. The van der Waals surface area contributed by atoms with Gasteiger partial charge in [0, 0.05) is 10.9 Å². The Morgan fingerprint density at radius 2 is 1.88 bits per heavy atom. The highest BCUT2D eigenvalue weighted by Gasteiger charge is 2.49. The van der Waals surface area contributed by atoms with Crippen molar-refractivity contribution in [2.45, 2.75) is 24.8 Å². The van der Waals surface area contributed by atoms with E-state index in [9.17, 15) is 26.4 Å². The number of hydrogen-bond donors (Lipinski definition) is 0. The number of benzene rings is 1. The zero-order valence-corrected chi connectivity index (χ0v) is 13.7. The van der Waals surface area contributed by atoms with E-state index in [1.807, 2.05) is 0 Å². The lowest BCUT2D eigenvalue weighted by Gasteiger charge is -2.14. The van der Waals surface area contributed by atoms with Crippen LogP contribution in [0.4, 0.5) is 13.2 Å². The van der Waals surface area contributed by atoms with E-state index in [1.54, 1.807) is 0 Å². The SMILES string of the molecule is COC(=O)c1ccc2nc(OS(=O)(=O)C(F)(F)F)c3c(c2c1)CCC3. The number of aromatic nitrogens is 1. The number of pyridine rings is 1. The molecule has 0 saturated heterocycles. The monoisotopic (exact) mass is 375 g/mol. The van der Waals surface area contributed by atoms with Gasteiger partial charge in [0.15, 0.2) is 0 Å². The minimum Gasteiger partial charge on any atom is -0.465 e. The average Bonchev–Trinajstić information content (AvgIpc) is 3.02. The van der Waals surface area contributed by atoms with Crippen molar-refractivity contribution < 1.29 is 35.3 Å². The van der Waals surface area contributed by atoms with E-state index in [4.69, 9.17) is 0 Å². The van der Waals surface area contributed by atoms with E-state index in [2.05, 4.69) is 13.9 Å². The van der Waals surface area contributed by atoms with Crippen LogP contribution in [0, 0.1) is 0 Å². The molecular weight excluding hydrogens is 363 g/mol. The van der Waals surface area contributed by atoms with Crippen LogP contribution in [-0.4, -0.2) is 32.0 Å². The first-order valence-electron chi connectivity index (χ1n) is 7.18. The van der Waals surface area contributed by atoms with E-state index in [-0.39, 0.29) is 11.1 Å². The van der Waals surface area contributed by atoms with Crippen molar-refractivity contribution in [1.82, 2.24) is 4.98 Å². The molecule has 134 valence electrons. The third kappa shape index (κ3) is 3.01. The molecule has 0 amide bonds. The molecule has 0 spiro atoms. The van der Waals surface area contributed by atoms with Crippen LogP contribution in [0.5, 0.6) is 5.88 Å². The number of carbonyl (C=O) groups is 1. The fourth-order valence-electron chi connectivity index (χ4n) is 2.79. The highest BCUT2D eigenvalue weighted by molar-refractivity contribution is 7.87. The van der Waals surface area contributed by atoms with Gasteiger partial charge in [-0.3, -0.25) is 0 Å². The fraction of sp³-hybridized carbons (Fsp3) is 0.333. The first-order chi connectivity index (χ1) is 11.6. The van der Waals surface area contributed by atoms with Gasteiger partial charge in [-0.25, -0.2) is 9.78 Å². The van der Waals surface area contributed by atoms with Gasteiger partial charge in [-0.1, -0.05) is 0 Å². The standard InChI is InChI=1S/C15H12F3NO5S/c1-23-14(20)8-5-6-12-11(7-8)9-3-2-4-10(9)13(19-12)24-25(21,22)15(16,17)18/h5-7H,2-4H2,1H3. The quantitative estimate of drug-likeness (QED) is 0.466. The predicted molar refractivity (Wildman–Crippen MR) is 80.7 cm³/mol. The molecule has 0 N–H and O–H groups in total. The molecule has 2 aromatic rings. The Labute approximate surface area is 140 Å². The number of methoxy groups -OCH3 is 1. The summed E-state index contributed by atoms with van der Waals surface area (Å²) in [6.45, 7) is 0. The third-order valence-corrected chi connectivity index (χ3v) is 4.86. The Balaban J connectivity index is 2.16. The topological polar surface area (TPSA) is 82.6 Å². The third-order valence-electron chi connectivity index (χ3n) is 3.91. The Bertz CT molecular complexity index is 969. The van der Waals surface area contributed by atoms with Crippen LogP contribution in [0.1, 0.15) is 27.9 Å². The van der Waals surface area contributed by atoms with E-state index in [0.717, 1.165) is 0 Å². The highest BCUT2D eigenvalue weighted by atomic mass is 32.2. The van der Waals surface area contributed by atoms with Crippen molar-refractivity contribution in [2.24, 2.45) is 0 Å². The van der Waals surface area contributed by atoms with E-state index >= 15 is 0 Å². The Morgan fingerprint density at radius 3 is 2.52 bits per heavy atom. The number of halogens is 3. The molecule has 1 aliphatic carbocycles. The molecule has 10 heteroatoms. The van der Waals surface area contributed by atoms with E-state index in [1.165, 1.54) is 25.3 Å². The molecule has 0 unspecified atom stereocenters. The summed E-state index contributed by atoms with van der Waals surface area (Å²) >= 11 is 0. The van der Waals surface area contributed by atoms with Crippen molar-refractivity contribution in [3.05, 3.63) is 34.9 Å². The molecule has 0 bridgehead atoms. The fourth-order valence-corrected chi connectivity index (χ4v) is 3.23. The van der Waals surface area contributed by atoms with Crippen LogP contribution >= 0.6 is 0 Å². The van der Waals surface area contributed by atoms with Crippen molar-refractivity contribution in [2.75, 3.05) is 7.11 Å². The number of rotatable bonds is 3. The molecule has 1 aromatic carbocycles. The maximum atomic E-state index is 12.6. The van der Waals surface area contributed by atoms with Gasteiger partial charge in [-0.2, -0.15) is 21.6 Å². The molecule has 0 radical (unpaired) electrons. The average molecular weight is 375 g/mol. The lowest BCUT2D eigenvalue weighted by atomic mass is 10.0. The van der Waals surface area contributed by atoms with Gasteiger partial charge in [0.1, 0.15) is 0 Å². The normalized spacial score (nSPS) is 14.4. The first kappa shape index (κ1) is 17.5. The Hall–Kier alpha value is -2.36. The van der Waals surface area contributed by atoms with E-state index in [0.29, 0.717) is 35.8 Å². The van der Waals surface area contributed by atoms with Gasteiger partial charge in [0.05, 0.1) is 18.2 Å². The van der Waals surface area contributed by atoms with Crippen molar-refractivity contribution in [3.8, 4) is 5.88 Å². The summed E-state index contributed by atoms with van der Waals surface area (Å²) in [4.78, 5) is 15.6. The lowest BCUT2D eigenvalue weighted by molar-refractivity contribution is -0.0501. The van der Waals surface area contributed by atoms with Crippen LogP contribution in [0.2, 0.25) is 0 Å². The molecule has 1 aliphatic rings. The first-order valence-corrected chi connectivity index (χ1v) is 8.59. The number of fused-ring (bicyclic) bond motifs is 3. The number of ether oxygens (including phenoxy) is 1. The smallest absolute Gasteiger partial charge is 0.465 e. The zero-order chi connectivity index (χ0) is 18.4. The van der Waals surface area contributed by atoms with Crippen molar-refractivity contribution >= 4 is 27.0 Å². The van der Waals surface area contributed by atoms with Crippen LogP contribution in [-0.2, 0) is 27.7 Å². The molecule has 0 fully saturated rings. The molecule has 6 nitrogen and oxygen atoms in total. The second-order valence-corrected chi connectivity index (χ2v) is 6.97. The number of carbonyl (C=O) groups excluding carboxylic acids is 1. The molecule has 0 saturated carbocycles. The maximum Gasteiger partial charge on any atom is 0.534 e. The summed E-state index contributed by atoms with van der Waals surface area (Å²) in [5, 5.41) is 0.562. The molecule has 0 aliphatic heterocycles. The maximum absolute atomic E-state index is 12.6. The second-order valence-electron chi connectivity index (χ2n) is 5.43. The number of esters is 1. The number of aryl methyl sites for hydroxylation is 1. The summed E-state index contributed by atoms with van der Waals surface area (Å²) in [5.41, 5.74) is -4.10. The minimum atomic E-state index is -5.80. The van der Waals surface area contributed by atoms with Crippen molar-refractivity contribution in [1.29, 1.82) is 0 Å². The number of alkyl halides is 3. The summed E-state index contributed by atoms with van der Waals surface area (Å²) in [6, 6.07) is 4.33. The summed E-state index contributed by atoms with van der Waals surface area (Å²) in [6.07, 6.45) is 1.46.